The number of hydrogen-bond acceptors (Lipinski definition) is 5. The number of amides is 1. The zero-order valence-electron chi connectivity index (χ0n) is 16.6. The van der Waals surface area contributed by atoms with Crippen LogP contribution < -0.4 is 10.1 Å². The van der Waals surface area contributed by atoms with Gasteiger partial charge in [0.25, 0.3) is 0 Å². The third-order valence-corrected chi connectivity index (χ3v) is 5.79. The van der Waals surface area contributed by atoms with Crippen molar-refractivity contribution < 1.29 is 9.53 Å². The van der Waals surface area contributed by atoms with Gasteiger partial charge in [0, 0.05) is 28.4 Å². The Labute approximate surface area is 185 Å². The first-order chi connectivity index (χ1) is 14.5. The molecule has 0 aliphatic carbocycles. The quantitative estimate of drug-likeness (QED) is 0.479. The number of pyridine rings is 1. The molecular weight excluding hydrogens is 418 g/mol. The summed E-state index contributed by atoms with van der Waals surface area (Å²) in [5.41, 5.74) is 3.80. The Kier molecular flexibility index (Phi) is 7.34. The van der Waals surface area contributed by atoms with Crippen molar-refractivity contribution in [1.82, 2.24) is 4.98 Å². The van der Waals surface area contributed by atoms with E-state index in [-0.39, 0.29) is 12.3 Å². The summed E-state index contributed by atoms with van der Waals surface area (Å²) in [5.74, 6) is 1.15. The van der Waals surface area contributed by atoms with Gasteiger partial charge in [0.2, 0.25) is 5.91 Å². The number of benzene rings is 2. The Morgan fingerprint density at radius 1 is 1.20 bits per heavy atom. The van der Waals surface area contributed by atoms with Gasteiger partial charge in [-0.25, -0.2) is 4.98 Å². The van der Waals surface area contributed by atoms with Crippen molar-refractivity contribution in [2.45, 2.75) is 18.4 Å². The predicted octanol–water partition coefficient (Wildman–Crippen LogP) is 5.71. The lowest BCUT2D eigenvalue weighted by Crippen LogP contribution is -2.12. The molecule has 30 heavy (non-hydrogen) atoms. The van der Waals surface area contributed by atoms with E-state index in [9.17, 15) is 10.1 Å². The minimum Gasteiger partial charge on any atom is -0.497 e. The predicted molar refractivity (Wildman–Crippen MR) is 121 cm³/mol. The third kappa shape index (κ3) is 5.53. The maximum atomic E-state index is 12.2. The Hall–Kier alpha value is -3.01. The number of methoxy groups -OCH3 is 1. The molecule has 1 heterocycles. The van der Waals surface area contributed by atoms with Gasteiger partial charge >= 0.3 is 0 Å². The van der Waals surface area contributed by atoms with E-state index in [2.05, 4.69) is 16.4 Å². The maximum Gasteiger partial charge on any atom is 0.225 e. The fourth-order valence-corrected chi connectivity index (χ4v) is 3.79. The van der Waals surface area contributed by atoms with Crippen LogP contribution in [0, 0.1) is 18.3 Å². The Balaban J connectivity index is 1.64. The number of aromatic nitrogens is 1. The lowest BCUT2D eigenvalue weighted by molar-refractivity contribution is -0.115. The monoisotopic (exact) mass is 437 g/mol. The van der Waals surface area contributed by atoms with Crippen molar-refractivity contribution >= 4 is 35.0 Å². The molecule has 152 valence electrons. The van der Waals surface area contributed by atoms with Gasteiger partial charge < -0.3 is 10.1 Å². The lowest BCUT2D eigenvalue weighted by Gasteiger charge is -2.09. The highest BCUT2D eigenvalue weighted by Crippen LogP contribution is 2.27. The summed E-state index contributed by atoms with van der Waals surface area (Å²) in [7, 11) is 1.62. The molecule has 1 amide bonds. The van der Waals surface area contributed by atoms with Gasteiger partial charge in [0.1, 0.15) is 16.8 Å². The molecule has 1 aromatic heterocycles. The summed E-state index contributed by atoms with van der Waals surface area (Å²) in [5, 5.41) is 13.4. The topological polar surface area (TPSA) is 75.0 Å². The number of nitriles is 1. The highest BCUT2D eigenvalue weighted by Gasteiger charge is 2.10. The molecule has 0 saturated heterocycles. The average molecular weight is 438 g/mol. The molecule has 0 fully saturated rings. The third-order valence-electron chi connectivity index (χ3n) is 4.39. The molecule has 3 aromatic rings. The molecule has 0 aliphatic heterocycles. The number of nitrogens with zero attached hydrogens (tertiary/aromatic N) is 2. The van der Waals surface area contributed by atoms with Gasteiger partial charge in [-0.2, -0.15) is 5.26 Å². The zero-order valence-corrected chi connectivity index (χ0v) is 18.2. The second kappa shape index (κ2) is 10.1. The van der Waals surface area contributed by atoms with Gasteiger partial charge in [-0.3, -0.25) is 4.79 Å². The molecule has 0 atom stereocenters. The number of nitrogens with one attached hydrogen (secondary N) is 1. The number of hydrogen-bond donors (Lipinski definition) is 1. The number of rotatable bonds is 7. The Morgan fingerprint density at radius 2 is 1.97 bits per heavy atom. The van der Waals surface area contributed by atoms with Crippen LogP contribution >= 0.6 is 23.4 Å². The molecule has 0 bridgehead atoms. The summed E-state index contributed by atoms with van der Waals surface area (Å²) in [6.45, 7) is 1.91. The minimum atomic E-state index is -0.118. The first kappa shape index (κ1) is 21.7. The molecule has 0 spiro atoms. The Morgan fingerprint density at radius 3 is 2.63 bits per heavy atom. The van der Waals surface area contributed by atoms with Gasteiger partial charge in [0.05, 0.1) is 18.4 Å². The van der Waals surface area contributed by atoms with E-state index in [1.807, 2.05) is 49.4 Å². The molecule has 1 N–H and O–H groups in total. The first-order valence-corrected chi connectivity index (χ1v) is 10.6. The largest absolute Gasteiger partial charge is 0.497 e. The van der Waals surface area contributed by atoms with E-state index in [0.29, 0.717) is 27.1 Å². The van der Waals surface area contributed by atoms with Crippen molar-refractivity contribution in [3.63, 3.8) is 0 Å². The van der Waals surface area contributed by atoms with Crippen LogP contribution in [0.3, 0.4) is 0 Å². The van der Waals surface area contributed by atoms with Crippen LogP contribution in [0.5, 0.6) is 5.75 Å². The number of thioether (sulfide) groups is 1. The number of carbonyl (C=O) groups is 1. The number of aryl methyl sites for hydroxylation is 1. The summed E-state index contributed by atoms with van der Waals surface area (Å²) in [6.07, 6.45) is 0.287. The average Bonchev–Trinajstić information content (AvgIpc) is 2.76. The second-order valence-electron chi connectivity index (χ2n) is 6.50. The van der Waals surface area contributed by atoms with Crippen molar-refractivity contribution in [1.29, 1.82) is 5.26 Å². The van der Waals surface area contributed by atoms with Gasteiger partial charge in [-0.1, -0.05) is 17.7 Å². The van der Waals surface area contributed by atoms with Crippen LogP contribution in [0.25, 0.3) is 11.3 Å². The molecular formula is C23H20ClN3O2S. The zero-order chi connectivity index (χ0) is 21.5. The SMILES string of the molecule is COc1ccc(-c2ccc(C#N)c(SCCC(=O)Nc3ccc(C)c(Cl)c3)n2)cc1. The van der Waals surface area contributed by atoms with E-state index >= 15 is 0 Å². The standard InChI is InChI=1S/C23H20ClN3O2S/c1-15-3-7-18(13-20(15)24)26-22(28)11-12-30-23-17(14-25)6-10-21(27-23)16-4-8-19(29-2)9-5-16/h3-10,13H,11-12H2,1-2H3,(H,26,28). The van der Waals surface area contributed by atoms with Crippen molar-refractivity contribution in [3.8, 4) is 23.1 Å². The minimum absolute atomic E-state index is 0.118. The maximum absolute atomic E-state index is 12.2. The van der Waals surface area contributed by atoms with Crippen LogP contribution in [0.2, 0.25) is 5.02 Å². The van der Waals surface area contributed by atoms with Gasteiger partial charge in [0.15, 0.2) is 0 Å². The van der Waals surface area contributed by atoms with Crippen LogP contribution in [-0.2, 0) is 4.79 Å². The molecule has 0 saturated carbocycles. The lowest BCUT2D eigenvalue weighted by atomic mass is 10.1. The smallest absolute Gasteiger partial charge is 0.225 e. The molecule has 7 heteroatoms. The highest BCUT2D eigenvalue weighted by molar-refractivity contribution is 7.99. The summed E-state index contributed by atoms with van der Waals surface area (Å²) in [6, 6.07) is 18.7. The fraction of sp³-hybridized carbons (Fsp3) is 0.174. The Bertz CT molecular complexity index is 1090. The van der Waals surface area contributed by atoms with Crippen LogP contribution in [-0.4, -0.2) is 23.8 Å². The normalized spacial score (nSPS) is 10.3. The van der Waals surface area contributed by atoms with Crippen LogP contribution in [0.1, 0.15) is 17.5 Å². The molecule has 0 unspecified atom stereocenters. The van der Waals surface area contributed by atoms with E-state index < -0.39 is 0 Å². The molecule has 2 aromatic carbocycles. The van der Waals surface area contributed by atoms with E-state index in [1.165, 1.54) is 11.8 Å². The van der Waals surface area contributed by atoms with Crippen LogP contribution in [0.15, 0.2) is 59.6 Å². The van der Waals surface area contributed by atoms with Crippen molar-refractivity contribution in [2.75, 3.05) is 18.2 Å². The number of anilines is 1. The van der Waals surface area contributed by atoms with Crippen LogP contribution in [0.4, 0.5) is 5.69 Å². The number of halogens is 1. The molecule has 3 rings (SSSR count). The summed E-state index contributed by atoms with van der Waals surface area (Å²) in [4.78, 5) is 16.9. The first-order valence-electron chi connectivity index (χ1n) is 9.24. The van der Waals surface area contributed by atoms with Crippen molar-refractivity contribution in [2.24, 2.45) is 0 Å². The van der Waals surface area contributed by atoms with Gasteiger partial charge in [-0.05, 0) is 61.0 Å². The van der Waals surface area contributed by atoms with E-state index in [4.69, 9.17) is 16.3 Å². The summed E-state index contributed by atoms with van der Waals surface area (Å²) < 4.78 is 5.18. The molecule has 0 radical (unpaired) electrons. The van der Waals surface area contributed by atoms with Gasteiger partial charge in [-0.15, -0.1) is 11.8 Å². The van der Waals surface area contributed by atoms with E-state index in [1.54, 1.807) is 19.2 Å². The molecule has 0 aliphatic rings. The molecule has 5 nitrogen and oxygen atoms in total. The fourth-order valence-electron chi connectivity index (χ4n) is 2.69. The number of carbonyl (C=O) groups excluding carboxylic acids is 1. The summed E-state index contributed by atoms with van der Waals surface area (Å²) >= 11 is 7.48. The number of ether oxygens (including phenoxy) is 1. The van der Waals surface area contributed by atoms with E-state index in [0.717, 1.165) is 22.6 Å². The second-order valence-corrected chi connectivity index (χ2v) is 7.99. The van der Waals surface area contributed by atoms with Crippen molar-refractivity contribution in [3.05, 3.63) is 70.7 Å². The highest BCUT2D eigenvalue weighted by atomic mass is 35.5.